The molecule has 0 aliphatic heterocycles. The normalized spacial score (nSPS) is 17.0. The van der Waals surface area contributed by atoms with Crippen LogP contribution in [0.2, 0.25) is 0 Å². The number of nitrogens with zero attached hydrogens (tertiary/aromatic N) is 7. The van der Waals surface area contributed by atoms with E-state index in [0.717, 1.165) is 94.0 Å². The van der Waals surface area contributed by atoms with Gasteiger partial charge in [-0.2, -0.15) is 0 Å². The van der Waals surface area contributed by atoms with E-state index >= 15 is 0 Å². The minimum absolute atomic E-state index is 0.294. The van der Waals surface area contributed by atoms with Crippen molar-refractivity contribution in [3.8, 4) is 0 Å². The highest BCUT2D eigenvalue weighted by Crippen LogP contribution is 2.40. The molecule has 20 aromatic rings. The van der Waals surface area contributed by atoms with Gasteiger partial charge in [-0.1, -0.05) is 217 Å². The second kappa shape index (κ2) is 25.0. The first-order valence-electron chi connectivity index (χ1n) is 95.0. The van der Waals surface area contributed by atoms with Crippen LogP contribution in [0.5, 0.6) is 0 Å². The van der Waals surface area contributed by atoms with Crippen molar-refractivity contribution in [1.29, 1.82) is 0 Å². The number of aryl methyl sites for hydroxylation is 5. The minimum atomic E-state index is 0.294. The van der Waals surface area contributed by atoms with Gasteiger partial charge in [0.05, 0.1) is 16.6 Å². The van der Waals surface area contributed by atoms with E-state index < -0.39 is 0 Å². The molecular weight excluding hydrogens is 1170 g/mol. The van der Waals surface area contributed by atoms with Gasteiger partial charge in [0.2, 0.25) is 0 Å². The zero-order valence-corrected chi connectivity index (χ0v) is 52.9. The maximum Gasteiger partial charge on any atom is 0.0790 e. The third-order valence-corrected chi connectivity index (χ3v) is 18.5. The van der Waals surface area contributed by atoms with Gasteiger partial charge in [-0.3, -0.25) is 34.9 Å². The van der Waals surface area contributed by atoms with Gasteiger partial charge in [-0.15, -0.1) is 0 Å². The molecule has 7 heterocycles. The summed E-state index contributed by atoms with van der Waals surface area (Å²) in [4.78, 5) is 31.0. The number of benzene rings is 13. The zero-order valence-electron chi connectivity index (χ0n) is 177. The predicted molar refractivity (Wildman–Crippen MR) is 535 cm³/mol. The van der Waals surface area contributed by atoms with Gasteiger partial charge in [0, 0.05) is 305 Å². The van der Waals surface area contributed by atoms with E-state index in [9.17, 15) is 0 Å². The lowest BCUT2D eigenvalue weighted by Gasteiger charge is -2.10. The highest BCUT2D eigenvalue weighted by Gasteiger charge is 2.14. The summed E-state index contributed by atoms with van der Waals surface area (Å²) in [5.41, 5.74) is 8.45. The highest BCUT2D eigenvalue weighted by atomic mass is 14.7. The fourth-order valence-corrected chi connectivity index (χ4v) is 14.1. The lowest BCUT2D eigenvalue weighted by atomic mass is 9.94. The topological polar surface area (TPSA) is 90.2 Å². The molecule has 576 valence electrons. The Labute approximate surface area is 745 Å². The molecular formula is C89H185N7. The van der Waals surface area contributed by atoms with Crippen molar-refractivity contribution in [1.82, 2.24) is 34.9 Å². The lowest BCUT2D eigenvalue weighted by molar-refractivity contribution is 1.06. The first kappa shape index (κ1) is 21.7. The molecule has 0 atom stereocenters. The lowest BCUT2D eigenvalue weighted by Crippen LogP contribution is -1.90. The average Bonchev–Trinajstić information content (AvgIpc) is 0.760. The fraction of sp³-hybridized carbons (Fsp3) is 0.0674. The van der Waals surface area contributed by atoms with Gasteiger partial charge < -0.3 is 0 Å². The van der Waals surface area contributed by atoms with Crippen molar-refractivity contribution in [2.24, 2.45) is 0 Å². The summed E-state index contributed by atoms with van der Waals surface area (Å²) in [6.45, 7) is 3.37. The first-order valence-corrected chi connectivity index (χ1v) is 32.2. The van der Waals surface area contributed by atoms with Crippen molar-refractivity contribution in [3.63, 3.8) is 0 Å². The van der Waals surface area contributed by atoms with Crippen LogP contribution in [-0.2, 0) is 6.42 Å². The Balaban J connectivity index is -0.0000000346. The van der Waals surface area contributed by atoms with Crippen molar-refractivity contribution < 1.29 is 184 Å². The molecule has 0 fully saturated rings. The number of rotatable bonds is 1. The summed E-state index contributed by atoms with van der Waals surface area (Å²) >= 11 is 0. The maximum absolute atomic E-state index is 7.57. The van der Waals surface area contributed by atoms with Crippen LogP contribution in [-0.4, -0.2) is 34.9 Å². The molecule has 0 spiro atoms. The second-order valence-corrected chi connectivity index (χ2v) is 24.2. The standard InChI is InChI=1S/C19H15N.2C18H13N.2C17H12N2.60H2/c1-2-13-11-12-18-16-9-4-3-7-14(16)15-8-5-6-10-17(15)19(18)20-13;1-12-8-9-14-13-5-2-3-6-15(13)18-16(17(14)11-12)7-4-10-19-18;1-12-6-7-15-13-4-2-3-5-14(13)16-8-9-19-11-18(16)17(15)10-12;1-11-2-3-12-13-4-6-18-9-16(13)17-10-19-7-5-14(17)15(12)8-11;1-11-4-5-12-13-3-2-7-19-17(13)14-6-8-18-10-16(14)15(12)9-11;;;;;;;;;;;;;;;;;;;;;;;;;;;;;;;;;;;;;;;;;;;;;;;;;;;;;;;;;;;;/h3-12H,2H2,1H3;2*2-11H,1H3;2*2-10H,1H3;60*1H/i;4*1D;60*1+1D. The van der Waals surface area contributed by atoms with E-state index in [-0.39, 0.29) is 0 Å². The van der Waals surface area contributed by atoms with Crippen LogP contribution >= 0.6 is 0 Å². The SMILES string of the molecule is CCc1ccc2c3ccccc3c3ccccc3c2n1.[2H]Cc1ccc2c(c1)c1cnccc1c1ncccc21.[2H]Cc1ccc2c3ccccc3c3ccncc3c2c1.[2H]Cc1ccc2c3ccccc3c3ncccc3c2c1.[2H]Cc1ccc2c3ccncc3c3cnccc3c2c1.[2H][2H].[2H][2H].[2H][2H].[2H][2H].[2H][2H].[2H][2H].[2H][2H].[2H][2H].[2H][2H].[2H][2H].[2H][2H].[2H][2H].[2H][2H].[2H][2H].[2H][2H].[2H][2H].[2H][2H].[2H][2H].[2H][2H].[2H][2H].[2H][2H].[2H][2H].[2H][2H].[2H][2H].[2H][2H].[2H][2H].[2H][2H].[2H][2H].[2H][2H].[2H][2H].[2H][2H].[2H][2H].[2H][2H].[2H][2H].[2H][2H].[2H][2H].[2H][2H].[2H][2H].[2H][2H].[2H][2H].[2H][2H].[2H][2H].[2H][2H].[2H][2H].[2H][2H].[2H][2H].[2H][2H].[2H][2H].[2H][2H].[2H][2H].[2H][2H].[2H][2H].[2H][2H].[2H][2H].[2H][2H].[2H][2H].[2H][2H].[2H][2H].[2H][2H].[2H][2H]. The van der Waals surface area contributed by atoms with Gasteiger partial charge >= 0.3 is 0 Å². The van der Waals surface area contributed by atoms with Crippen molar-refractivity contribution in [2.45, 2.75) is 40.9 Å². The number of pyridine rings is 7. The molecule has 0 N–H and O–H groups in total. The van der Waals surface area contributed by atoms with Crippen molar-refractivity contribution in [3.05, 3.63) is 320 Å². The Morgan fingerprint density at radius 3 is 0.906 bits per heavy atom. The molecule has 20 rings (SSSR count). The Hall–Kier alpha value is -12.2. The molecule has 7 nitrogen and oxygen atoms in total. The number of fused-ring (bicyclic) bond motifs is 30. The van der Waals surface area contributed by atoms with E-state index in [1.54, 1.807) is 6.20 Å². The summed E-state index contributed by atoms with van der Waals surface area (Å²) in [5.74, 6) is 0. The van der Waals surface area contributed by atoms with Gasteiger partial charge in [0.15, 0.2) is 0 Å². The molecule has 0 saturated carbocycles. The Morgan fingerprint density at radius 1 is 0.250 bits per heavy atom. The summed E-state index contributed by atoms with van der Waals surface area (Å²) in [6.07, 6.45) is 19.5. The van der Waals surface area contributed by atoms with E-state index in [2.05, 4.69) is 213 Å². The summed E-state index contributed by atoms with van der Waals surface area (Å²) in [6, 6.07) is 79.8. The molecule has 7 heteroatoms. The third-order valence-electron chi connectivity index (χ3n) is 18.5. The monoisotopic (exact) mass is 1480 g/mol. The largest absolute Gasteiger partial charge is 0.264 e. The molecule has 0 bridgehead atoms. The smallest absolute Gasteiger partial charge is 0.0790 e. The average molecular weight is 1480 g/mol. The molecule has 0 radical (unpaired) electrons. The number of hydrogen-bond acceptors (Lipinski definition) is 7. The number of aromatic nitrogens is 7. The van der Waals surface area contributed by atoms with E-state index in [4.69, 9.17) is 189 Å². The molecule has 13 aromatic carbocycles. The van der Waals surface area contributed by atoms with Gasteiger partial charge in [-0.25, -0.2) is 0 Å². The Morgan fingerprint density at radius 2 is 0.500 bits per heavy atom. The van der Waals surface area contributed by atoms with Crippen LogP contribution < -0.4 is 0 Å². The maximum atomic E-state index is 7.57. The van der Waals surface area contributed by atoms with Crippen LogP contribution in [0.4, 0.5) is 0 Å². The quantitative estimate of drug-likeness (QED) is 0.151. The van der Waals surface area contributed by atoms with Gasteiger partial charge in [0.1, 0.15) is 0 Å². The molecule has 0 aliphatic rings. The van der Waals surface area contributed by atoms with Crippen molar-refractivity contribution in [2.75, 3.05) is 0 Å². The molecule has 0 saturated heterocycles. The molecule has 96 heavy (non-hydrogen) atoms. The van der Waals surface area contributed by atoms with E-state index in [1.165, 1.54) is 102 Å². The number of hydrogen-bond donors (Lipinski definition) is 0. The summed E-state index contributed by atoms with van der Waals surface area (Å²) < 4.78 is 630. The van der Waals surface area contributed by atoms with Crippen molar-refractivity contribution >= 4 is 162 Å². The molecule has 0 amide bonds. The van der Waals surface area contributed by atoms with Gasteiger partial charge in [-0.05, 0) is 168 Å². The third kappa shape index (κ3) is 10.6. The Bertz CT molecular complexity index is 5660. The van der Waals surface area contributed by atoms with Gasteiger partial charge in [0.25, 0.3) is 0 Å². The van der Waals surface area contributed by atoms with Crippen LogP contribution in [0.25, 0.3) is 162 Å². The minimum Gasteiger partial charge on any atom is -0.264 e. The van der Waals surface area contributed by atoms with Crippen LogP contribution in [0, 0.1) is 27.6 Å². The summed E-state index contributed by atoms with van der Waals surface area (Å²) in [7, 11) is 0. The molecule has 7 aromatic heterocycles. The zero-order chi connectivity index (χ0) is 188. The highest BCUT2D eigenvalue weighted by molar-refractivity contribution is 6.29. The van der Waals surface area contributed by atoms with E-state index in [1.807, 2.05) is 110 Å². The molecule has 0 aliphatic carbocycles. The predicted octanol–water partition coefficient (Wildman–Crippen LogP) is 38.1. The van der Waals surface area contributed by atoms with Crippen LogP contribution in [0.1, 0.15) is 219 Å². The van der Waals surface area contributed by atoms with Crippen LogP contribution in [0.15, 0.2) is 292 Å². The van der Waals surface area contributed by atoms with Crippen LogP contribution in [0.3, 0.4) is 0 Å². The fourth-order valence-electron chi connectivity index (χ4n) is 14.1. The van der Waals surface area contributed by atoms with E-state index in [0.29, 0.717) is 27.6 Å². The second-order valence-electron chi connectivity index (χ2n) is 24.2. The Kier molecular flexibility index (Phi) is 5.65. The molecule has 0 unspecified atom stereocenters. The summed E-state index contributed by atoms with van der Waals surface area (Å²) in [5, 5.41) is 32.4. The first-order chi connectivity index (χ1) is 109.